The first-order chi connectivity index (χ1) is 7.89. The third-order valence-electron chi connectivity index (χ3n) is 3.00. The molecule has 0 radical (unpaired) electrons. The molecule has 2 rings (SSSR count). The van der Waals surface area contributed by atoms with E-state index >= 15 is 0 Å². The summed E-state index contributed by atoms with van der Waals surface area (Å²) in [6.07, 6.45) is 0.634. The van der Waals surface area contributed by atoms with Gasteiger partial charge in [0.25, 0.3) is 0 Å². The molecule has 0 saturated carbocycles. The number of sulfone groups is 1. The monoisotopic (exact) mass is 254 g/mol. The summed E-state index contributed by atoms with van der Waals surface area (Å²) in [4.78, 5) is 0.383. The predicted molar refractivity (Wildman–Crippen MR) is 66.6 cm³/mol. The fraction of sp³-hybridized carbons (Fsp3) is 0.538. The van der Waals surface area contributed by atoms with Gasteiger partial charge in [-0.05, 0) is 24.0 Å². The molecule has 17 heavy (non-hydrogen) atoms. The van der Waals surface area contributed by atoms with E-state index in [1.807, 2.05) is 6.07 Å². The standard InChI is InChI=1S/C13H18O3S/c1-13(2)8-11(16-10-13)9-17(14,15)12-6-4-3-5-7-12/h3-7,11H,8-10H2,1-2H3. The van der Waals surface area contributed by atoms with Crippen molar-refractivity contribution < 1.29 is 13.2 Å². The summed E-state index contributed by atoms with van der Waals surface area (Å²) in [5.41, 5.74) is 0.0941. The topological polar surface area (TPSA) is 43.4 Å². The van der Waals surface area contributed by atoms with Crippen molar-refractivity contribution >= 4 is 9.84 Å². The molecule has 1 unspecified atom stereocenters. The van der Waals surface area contributed by atoms with Crippen molar-refractivity contribution in [2.24, 2.45) is 5.41 Å². The highest BCUT2D eigenvalue weighted by molar-refractivity contribution is 7.91. The smallest absolute Gasteiger partial charge is 0.180 e. The number of hydrogen-bond acceptors (Lipinski definition) is 3. The van der Waals surface area contributed by atoms with E-state index in [9.17, 15) is 8.42 Å². The maximum absolute atomic E-state index is 12.1. The molecule has 0 aliphatic carbocycles. The molecule has 1 aliphatic heterocycles. The van der Waals surface area contributed by atoms with E-state index in [-0.39, 0.29) is 17.3 Å². The van der Waals surface area contributed by atoms with E-state index in [0.717, 1.165) is 6.42 Å². The number of rotatable bonds is 3. The van der Waals surface area contributed by atoms with E-state index in [0.29, 0.717) is 11.5 Å². The van der Waals surface area contributed by atoms with E-state index in [4.69, 9.17) is 4.74 Å². The van der Waals surface area contributed by atoms with Crippen LogP contribution in [0.4, 0.5) is 0 Å². The van der Waals surface area contributed by atoms with Gasteiger partial charge in [0.15, 0.2) is 9.84 Å². The lowest BCUT2D eigenvalue weighted by atomic mass is 9.91. The van der Waals surface area contributed by atoms with Crippen LogP contribution in [0.15, 0.2) is 35.2 Å². The molecule has 0 N–H and O–H groups in total. The van der Waals surface area contributed by atoms with E-state index in [1.165, 1.54) is 0 Å². The van der Waals surface area contributed by atoms with Gasteiger partial charge in [-0.1, -0.05) is 32.0 Å². The van der Waals surface area contributed by atoms with Crippen LogP contribution in [0.3, 0.4) is 0 Å². The van der Waals surface area contributed by atoms with Crippen molar-refractivity contribution in [1.29, 1.82) is 0 Å². The first-order valence-corrected chi connectivity index (χ1v) is 7.44. The van der Waals surface area contributed by atoms with Crippen LogP contribution in [0.1, 0.15) is 20.3 Å². The third-order valence-corrected chi connectivity index (χ3v) is 4.80. The molecule has 1 fully saturated rings. The Labute approximate surface area is 103 Å². The summed E-state index contributed by atoms with van der Waals surface area (Å²) in [6.45, 7) is 4.84. The van der Waals surface area contributed by atoms with Crippen molar-refractivity contribution in [3.05, 3.63) is 30.3 Å². The van der Waals surface area contributed by atoms with Crippen LogP contribution in [0.2, 0.25) is 0 Å². The summed E-state index contributed by atoms with van der Waals surface area (Å²) in [5.74, 6) is 0.0838. The molecular weight excluding hydrogens is 236 g/mol. The Morgan fingerprint density at radius 1 is 1.29 bits per heavy atom. The quantitative estimate of drug-likeness (QED) is 0.831. The largest absolute Gasteiger partial charge is 0.377 e. The van der Waals surface area contributed by atoms with E-state index < -0.39 is 9.84 Å². The minimum Gasteiger partial charge on any atom is -0.377 e. The van der Waals surface area contributed by atoms with Crippen LogP contribution in [0.5, 0.6) is 0 Å². The lowest BCUT2D eigenvalue weighted by Gasteiger charge is -2.14. The van der Waals surface area contributed by atoms with Crippen LogP contribution < -0.4 is 0 Å². The van der Waals surface area contributed by atoms with Crippen molar-refractivity contribution in [1.82, 2.24) is 0 Å². The zero-order valence-electron chi connectivity index (χ0n) is 10.2. The molecule has 0 amide bonds. The molecule has 0 spiro atoms. The zero-order chi connectivity index (χ0) is 12.5. The highest BCUT2D eigenvalue weighted by atomic mass is 32.2. The van der Waals surface area contributed by atoms with Gasteiger partial charge < -0.3 is 4.74 Å². The molecule has 1 aromatic carbocycles. The molecule has 0 aromatic heterocycles. The van der Waals surface area contributed by atoms with Gasteiger partial charge in [0, 0.05) is 0 Å². The van der Waals surface area contributed by atoms with Crippen molar-refractivity contribution in [3.8, 4) is 0 Å². The first-order valence-electron chi connectivity index (χ1n) is 5.78. The Bertz CT molecular complexity index is 477. The molecule has 4 heteroatoms. The maximum atomic E-state index is 12.1. The molecule has 1 aliphatic rings. The number of ether oxygens (including phenoxy) is 1. The van der Waals surface area contributed by atoms with Crippen LogP contribution in [-0.4, -0.2) is 26.9 Å². The lowest BCUT2D eigenvalue weighted by molar-refractivity contribution is 0.113. The minimum absolute atomic E-state index is 0.0838. The summed E-state index contributed by atoms with van der Waals surface area (Å²) < 4.78 is 29.8. The fourth-order valence-corrected chi connectivity index (χ4v) is 3.62. The molecular formula is C13H18O3S. The Morgan fingerprint density at radius 3 is 2.47 bits per heavy atom. The van der Waals surface area contributed by atoms with Crippen LogP contribution in [0, 0.1) is 5.41 Å². The molecule has 3 nitrogen and oxygen atoms in total. The molecule has 1 atom stereocenters. The van der Waals surface area contributed by atoms with Crippen LogP contribution >= 0.6 is 0 Å². The Balaban J connectivity index is 2.09. The minimum atomic E-state index is -3.22. The van der Waals surface area contributed by atoms with Crippen LogP contribution in [0.25, 0.3) is 0 Å². The SMILES string of the molecule is CC1(C)COC(CS(=O)(=O)c2ccccc2)C1. The van der Waals surface area contributed by atoms with E-state index in [2.05, 4.69) is 13.8 Å². The zero-order valence-corrected chi connectivity index (χ0v) is 11.0. The van der Waals surface area contributed by atoms with Gasteiger partial charge >= 0.3 is 0 Å². The van der Waals surface area contributed by atoms with Crippen molar-refractivity contribution in [2.45, 2.75) is 31.3 Å². The highest BCUT2D eigenvalue weighted by Gasteiger charge is 2.34. The second-order valence-corrected chi connectivity index (χ2v) is 7.43. The Hall–Kier alpha value is -0.870. The van der Waals surface area contributed by atoms with Gasteiger partial charge in [-0.25, -0.2) is 8.42 Å². The molecule has 94 valence electrons. The third kappa shape index (κ3) is 3.07. The second kappa shape index (κ2) is 4.42. The predicted octanol–water partition coefficient (Wildman–Crippen LogP) is 2.28. The van der Waals surface area contributed by atoms with Crippen molar-refractivity contribution in [2.75, 3.05) is 12.4 Å². The highest BCUT2D eigenvalue weighted by Crippen LogP contribution is 2.32. The van der Waals surface area contributed by atoms with Gasteiger partial charge in [-0.15, -0.1) is 0 Å². The first kappa shape index (κ1) is 12.6. The van der Waals surface area contributed by atoms with Gasteiger partial charge in [0.2, 0.25) is 0 Å². The lowest BCUT2D eigenvalue weighted by Crippen LogP contribution is -2.21. The summed E-state index contributed by atoms with van der Waals surface area (Å²) in [5, 5.41) is 0. The van der Waals surface area contributed by atoms with Gasteiger partial charge in [-0.2, -0.15) is 0 Å². The molecule has 1 aromatic rings. The average molecular weight is 254 g/mol. The average Bonchev–Trinajstić information content (AvgIpc) is 2.58. The number of hydrogen-bond donors (Lipinski definition) is 0. The van der Waals surface area contributed by atoms with Gasteiger partial charge in [0.1, 0.15) is 0 Å². The summed E-state index contributed by atoms with van der Waals surface area (Å²) >= 11 is 0. The summed E-state index contributed by atoms with van der Waals surface area (Å²) in [6, 6.07) is 8.57. The maximum Gasteiger partial charge on any atom is 0.180 e. The Morgan fingerprint density at radius 2 is 1.94 bits per heavy atom. The molecule has 0 bridgehead atoms. The van der Waals surface area contributed by atoms with E-state index in [1.54, 1.807) is 24.3 Å². The van der Waals surface area contributed by atoms with Gasteiger partial charge in [-0.3, -0.25) is 0 Å². The van der Waals surface area contributed by atoms with Crippen LogP contribution in [-0.2, 0) is 14.6 Å². The van der Waals surface area contributed by atoms with Gasteiger partial charge in [0.05, 0.1) is 23.4 Å². The fourth-order valence-electron chi connectivity index (χ4n) is 2.15. The second-order valence-electron chi connectivity index (χ2n) is 5.40. The molecule has 1 heterocycles. The van der Waals surface area contributed by atoms with Crippen molar-refractivity contribution in [3.63, 3.8) is 0 Å². The summed E-state index contributed by atoms with van der Waals surface area (Å²) in [7, 11) is -3.22. The molecule has 1 saturated heterocycles. The Kier molecular flexibility index (Phi) is 3.27. The number of benzene rings is 1. The normalized spacial score (nSPS) is 23.8.